The lowest BCUT2D eigenvalue weighted by Crippen LogP contribution is -2.28. The average molecular weight is 387 g/mol. The topological polar surface area (TPSA) is 78.5 Å². The summed E-state index contributed by atoms with van der Waals surface area (Å²) in [7, 11) is 0. The lowest BCUT2D eigenvalue weighted by molar-refractivity contribution is -0.122. The Bertz CT molecular complexity index is 1100. The molecule has 1 unspecified atom stereocenters. The van der Waals surface area contributed by atoms with E-state index in [0.717, 1.165) is 16.5 Å². The highest BCUT2D eigenvalue weighted by Gasteiger charge is 2.35. The van der Waals surface area contributed by atoms with Crippen LogP contribution in [0.4, 0.5) is 17.1 Å². The highest BCUT2D eigenvalue weighted by molar-refractivity contribution is 6.08. The van der Waals surface area contributed by atoms with Crippen molar-refractivity contribution in [3.63, 3.8) is 0 Å². The van der Waals surface area contributed by atoms with Gasteiger partial charge in [-0.15, -0.1) is 0 Å². The van der Waals surface area contributed by atoms with Crippen LogP contribution in [0, 0.1) is 5.92 Å². The number of hydrogen-bond acceptors (Lipinski definition) is 3. The van der Waals surface area contributed by atoms with Crippen LogP contribution in [0.5, 0.6) is 0 Å². The van der Waals surface area contributed by atoms with Crippen LogP contribution in [0.15, 0.2) is 66.7 Å². The minimum atomic E-state index is -0.439. The second-order valence-corrected chi connectivity index (χ2v) is 7.15. The number of fused-ring (bicyclic) bond motifs is 1. The SMILES string of the molecule is CC(=O)Nc1cccc(NC(=O)C2CC(=O)N(c3cccc4ccccc34)C2)c1. The van der Waals surface area contributed by atoms with Crippen molar-refractivity contribution in [1.29, 1.82) is 0 Å². The van der Waals surface area contributed by atoms with E-state index in [4.69, 9.17) is 0 Å². The van der Waals surface area contributed by atoms with E-state index >= 15 is 0 Å². The first-order valence-electron chi connectivity index (χ1n) is 9.48. The molecule has 2 N–H and O–H groups in total. The summed E-state index contributed by atoms with van der Waals surface area (Å²) in [5, 5.41) is 7.60. The summed E-state index contributed by atoms with van der Waals surface area (Å²) in [6.07, 6.45) is 0.167. The van der Waals surface area contributed by atoms with Crippen molar-refractivity contribution in [3.05, 3.63) is 66.7 Å². The minimum absolute atomic E-state index is 0.0616. The number of carbonyl (C=O) groups is 3. The first kappa shape index (κ1) is 18.7. The number of rotatable bonds is 4. The smallest absolute Gasteiger partial charge is 0.229 e. The summed E-state index contributed by atoms with van der Waals surface area (Å²) in [5.41, 5.74) is 2.02. The minimum Gasteiger partial charge on any atom is -0.326 e. The molecule has 1 saturated heterocycles. The van der Waals surface area contributed by atoms with Gasteiger partial charge in [0.1, 0.15) is 0 Å². The number of hydrogen-bond donors (Lipinski definition) is 2. The van der Waals surface area contributed by atoms with Crippen LogP contribution < -0.4 is 15.5 Å². The summed E-state index contributed by atoms with van der Waals surface area (Å²) in [6.45, 7) is 1.77. The Morgan fingerprint density at radius 3 is 2.41 bits per heavy atom. The third kappa shape index (κ3) is 3.96. The Labute approximate surface area is 168 Å². The molecular formula is C23H21N3O3. The predicted molar refractivity (Wildman–Crippen MR) is 114 cm³/mol. The van der Waals surface area contributed by atoms with Crippen molar-refractivity contribution >= 4 is 45.6 Å². The van der Waals surface area contributed by atoms with Crippen molar-refractivity contribution in [1.82, 2.24) is 0 Å². The van der Waals surface area contributed by atoms with Crippen molar-refractivity contribution in [3.8, 4) is 0 Å². The fourth-order valence-electron chi connectivity index (χ4n) is 3.68. The summed E-state index contributed by atoms with van der Waals surface area (Å²) in [4.78, 5) is 38.3. The third-order valence-corrected chi connectivity index (χ3v) is 5.00. The van der Waals surface area contributed by atoms with Gasteiger partial charge in [-0.05, 0) is 29.7 Å². The Morgan fingerprint density at radius 1 is 0.931 bits per heavy atom. The van der Waals surface area contributed by atoms with E-state index in [9.17, 15) is 14.4 Å². The van der Waals surface area contributed by atoms with Crippen LogP contribution in [0.1, 0.15) is 13.3 Å². The monoisotopic (exact) mass is 387 g/mol. The second kappa shape index (κ2) is 7.75. The molecule has 0 spiro atoms. The summed E-state index contributed by atoms with van der Waals surface area (Å²) < 4.78 is 0. The molecule has 29 heavy (non-hydrogen) atoms. The first-order chi connectivity index (χ1) is 14.0. The Morgan fingerprint density at radius 2 is 1.62 bits per heavy atom. The van der Waals surface area contributed by atoms with Crippen LogP contribution in [-0.4, -0.2) is 24.3 Å². The lowest BCUT2D eigenvalue weighted by Gasteiger charge is -2.19. The molecule has 0 bridgehead atoms. The predicted octanol–water partition coefficient (Wildman–Crippen LogP) is 3.79. The van der Waals surface area contributed by atoms with Gasteiger partial charge in [-0.2, -0.15) is 0 Å². The molecule has 3 aromatic carbocycles. The third-order valence-electron chi connectivity index (χ3n) is 5.00. The van der Waals surface area contributed by atoms with Gasteiger partial charge in [0.2, 0.25) is 17.7 Å². The first-order valence-corrected chi connectivity index (χ1v) is 9.48. The van der Waals surface area contributed by atoms with Crippen LogP contribution in [0.2, 0.25) is 0 Å². The van der Waals surface area contributed by atoms with Gasteiger partial charge in [-0.25, -0.2) is 0 Å². The van der Waals surface area contributed by atoms with Crippen molar-refractivity contribution in [2.45, 2.75) is 13.3 Å². The van der Waals surface area contributed by atoms with Gasteiger partial charge in [0.25, 0.3) is 0 Å². The van der Waals surface area contributed by atoms with Crippen molar-refractivity contribution < 1.29 is 14.4 Å². The molecular weight excluding hydrogens is 366 g/mol. The molecule has 0 aliphatic carbocycles. The molecule has 0 radical (unpaired) electrons. The maximum Gasteiger partial charge on any atom is 0.229 e. The largest absolute Gasteiger partial charge is 0.326 e. The van der Waals surface area contributed by atoms with Crippen molar-refractivity contribution in [2.24, 2.45) is 5.92 Å². The molecule has 4 rings (SSSR count). The number of benzene rings is 3. The zero-order chi connectivity index (χ0) is 20.4. The van der Waals surface area contributed by atoms with Gasteiger partial charge in [0, 0.05) is 36.7 Å². The Hall–Kier alpha value is -3.67. The average Bonchev–Trinajstić information content (AvgIpc) is 3.09. The summed E-state index contributed by atoms with van der Waals surface area (Å²) in [5.74, 6) is -0.888. The van der Waals surface area contributed by atoms with Crippen LogP contribution in [-0.2, 0) is 14.4 Å². The lowest BCUT2D eigenvalue weighted by atomic mass is 10.1. The molecule has 6 nitrogen and oxygen atoms in total. The zero-order valence-electron chi connectivity index (χ0n) is 16.0. The molecule has 1 aliphatic rings. The maximum absolute atomic E-state index is 12.8. The second-order valence-electron chi connectivity index (χ2n) is 7.15. The molecule has 3 amide bonds. The molecule has 1 fully saturated rings. The zero-order valence-corrected chi connectivity index (χ0v) is 16.0. The fraction of sp³-hybridized carbons (Fsp3) is 0.174. The van der Waals surface area contributed by atoms with Crippen LogP contribution in [0.25, 0.3) is 10.8 Å². The van der Waals surface area contributed by atoms with Crippen LogP contribution in [0.3, 0.4) is 0 Å². The van der Waals surface area contributed by atoms with E-state index in [0.29, 0.717) is 17.9 Å². The molecule has 146 valence electrons. The molecule has 3 aromatic rings. The number of carbonyl (C=O) groups excluding carboxylic acids is 3. The van der Waals surface area contributed by atoms with Crippen molar-refractivity contribution in [2.75, 3.05) is 22.1 Å². The Balaban J connectivity index is 1.50. The summed E-state index contributed by atoms with van der Waals surface area (Å²) in [6, 6.07) is 20.7. The van der Waals surface area contributed by atoms with E-state index in [1.165, 1.54) is 6.92 Å². The normalized spacial score (nSPS) is 16.1. The van der Waals surface area contributed by atoms with Gasteiger partial charge < -0.3 is 15.5 Å². The highest BCUT2D eigenvalue weighted by atomic mass is 16.2. The number of nitrogens with zero attached hydrogens (tertiary/aromatic N) is 1. The van der Waals surface area contributed by atoms with Gasteiger partial charge in [-0.3, -0.25) is 14.4 Å². The van der Waals surface area contributed by atoms with Gasteiger partial charge in [0.05, 0.1) is 11.6 Å². The quantitative estimate of drug-likeness (QED) is 0.715. The number of nitrogens with one attached hydrogen (secondary N) is 2. The molecule has 1 atom stereocenters. The molecule has 0 saturated carbocycles. The molecule has 1 heterocycles. The fourth-order valence-corrected chi connectivity index (χ4v) is 3.68. The van der Waals surface area contributed by atoms with Gasteiger partial charge >= 0.3 is 0 Å². The van der Waals surface area contributed by atoms with E-state index in [1.54, 1.807) is 29.2 Å². The Kier molecular flexibility index (Phi) is 4.99. The standard InChI is InChI=1S/C23H21N3O3/c1-15(27)24-18-8-5-9-19(13-18)25-23(29)17-12-22(28)26(14-17)21-11-4-7-16-6-2-3-10-20(16)21/h2-11,13,17H,12,14H2,1H3,(H,24,27)(H,25,29). The van der Waals surface area contributed by atoms with E-state index in [-0.39, 0.29) is 24.1 Å². The van der Waals surface area contributed by atoms with E-state index in [1.807, 2.05) is 42.5 Å². The number of amides is 3. The molecule has 6 heteroatoms. The molecule has 0 aromatic heterocycles. The van der Waals surface area contributed by atoms with Gasteiger partial charge in [-0.1, -0.05) is 42.5 Å². The van der Waals surface area contributed by atoms with E-state index in [2.05, 4.69) is 10.6 Å². The molecule has 1 aliphatic heterocycles. The summed E-state index contributed by atoms with van der Waals surface area (Å²) >= 11 is 0. The highest BCUT2D eigenvalue weighted by Crippen LogP contribution is 2.32. The van der Waals surface area contributed by atoms with E-state index < -0.39 is 5.92 Å². The number of anilines is 3. The maximum atomic E-state index is 12.8. The van der Waals surface area contributed by atoms with Crippen LogP contribution >= 0.6 is 0 Å². The van der Waals surface area contributed by atoms with Gasteiger partial charge in [0.15, 0.2) is 0 Å².